The highest BCUT2D eigenvalue weighted by Gasteiger charge is 2.27. The summed E-state index contributed by atoms with van der Waals surface area (Å²) < 4.78 is 10.8. The van der Waals surface area contributed by atoms with Crippen LogP contribution in [0.1, 0.15) is 24.8 Å². The molecule has 4 rings (SSSR count). The van der Waals surface area contributed by atoms with Gasteiger partial charge in [-0.25, -0.2) is 4.79 Å². The van der Waals surface area contributed by atoms with Gasteiger partial charge in [-0.15, -0.1) is 0 Å². The fourth-order valence-electron chi connectivity index (χ4n) is 4.10. The lowest BCUT2D eigenvalue weighted by molar-refractivity contribution is -0.135. The number of hydrogen-bond donors (Lipinski definition) is 1. The van der Waals surface area contributed by atoms with Crippen molar-refractivity contribution in [2.24, 2.45) is 5.92 Å². The Morgan fingerprint density at radius 2 is 1.84 bits per heavy atom. The molecule has 1 aliphatic heterocycles. The van der Waals surface area contributed by atoms with Crippen LogP contribution < -0.4 is 10.4 Å². The average Bonchev–Trinajstić information content (AvgIpc) is 2.81. The quantitative estimate of drug-likeness (QED) is 0.592. The number of likely N-dealkylation sites (tertiary alicyclic amines) is 1. The molecule has 1 aliphatic rings. The highest BCUT2D eigenvalue weighted by molar-refractivity contribution is 5.79. The third-order valence-corrected chi connectivity index (χ3v) is 5.96. The second-order valence-electron chi connectivity index (χ2n) is 8.05. The number of aliphatic hydroxyl groups is 1. The van der Waals surface area contributed by atoms with Crippen LogP contribution in [0.3, 0.4) is 0 Å². The maximum atomic E-state index is 12.5. The van der Waals surface area contributed by atoms with Crippen LogP contribution in [0, 0.1) is 5.92 Å². The average molecular weight is 421 g/mol. The van der Waals surface area contributed by atoms with Crippen molar-refractivity contribution in [2.45, 2.75) is 31.8 Å². The normalized spacial score (nSPS) is 15.7. The van der Waals surface area contributed by atoms with Gasteiger partial charge in [-0.05, 0) is 55.4 Å². The summed E-state index contributed by atoms with van der Waals surface area (Å²) in [6.07, 6.45) is 2.84. The molecule has 2 heterocycles. The highest BCUT2D eigenvalue weighted by atomic mass is 16.5. The smallest absolute Gasteiger partial charge is 0.336 e. The molecule has 1 atom stereocenters. The van der Waals surface area contributed by atoms with Crippen molar-refractivity contribution in [2.75, 3.05) is 19.7 Å². The van der Waals surface area contributed by atoms with E-state index in [1.54, 1.807) is 29.2 Å². The van der Waals surface area contributed by atoms with Gasteiger partial charge < -0.3 is 19.2 Å². The van der Waals surface area contributed by atoms with Crippen LogP contribution in [-0.4, -0.2) is 41.7 Å². The molecule has 6 nitrogen and oxygen atoms in total. The van der Waals surface area contributed by atoms with Crippen molar-refractivity contribution in [3.05, 3.63) is 76.6 Å². The maximum absolute atomic E-state index is 12.5. The van der Waals surface area contributed by atoms with Gasteiger partial charge in [0.25, 0.3) is 5.91 Å². The molecular formula is C25H27NO5. The summed E-state index contributed by atoms with van der Waals surface area (Å²) in [5.41, 5.74) is 1.25. The van der Waals surface area contributed by atoms with Crippen LogP contribution >= 0.6 is 0 Å². The van der Waals surface area contributed by atoms with Gasteiger partial charge >= 0.3 is 5.63 Å². The van der Waals surface area contributed by atoms with E-state index in [2.05, 4.69) is 12.1 Å². The Kier molecular flexibility index (Phi) is 6.67. The molecule has 1 unspecified atom stereocenters. The summed E-state index contributed by atoms with van der Waals surface area (Å²) >= 11 is 0. The number of carbonyl (C=O) groups excluding carboxylic acids is 1. The van der Waals surface area contributed by atoms with E-state index in [-0.39, 0.29) is 24.5 Å². The largest absolute Gasteiger partial charge is 0.484 e. The summed E-state index contributed by atoms with van der Waals surface area (Å²) in [6.45, 7) is 1.19. The number of benzene rings is 2. The zero-order valence-corrected chi connectivity index (χ0v) is 17.4. The summed E-state index contributed by atoms with van der Waals surface area (Å²) in [4.78, 5) is 25.7. The number of fused-ring (bicyclic) bond motifs is 1. The maximum Gasteiger partial charge on any atom is 0.336 e. The number of rotatable bonds is 7. The van der Waals surface area contributed by atoms with Crippen molar-refractivity contribution >= 4 is 16.9 Å². The molecule has 1 aromatic heterocycles. The first-order chi connectivity index (χ1) is 15.1. The van der Waals surface area contributed by atoms with E-state index >= 15 is 0 Å². The standard InChI is InChI=1S/C25H27NO5/c27-22(10-6-18-4-2-1-3-5-18)19-12-14-26(15-13-19)24(28)17-30-21-9-7-20-8-11-25(29)31-23(20)16-21/h1-5,7-9,11,16,19,22,27H,6,10,12-15,17H2. The molecule has 6 heteroatoms. The van der Waals surface area contributed by atoms with Crippen LogP contribution in [0.4, 0.5) is 0 Å². The van der Waals surface area contributed by atoms with Crippen LogP contribution in [0.5, 0.6) is 5.75 Å². The number of nitrogens with zero attached hydrogens (tertiary/aromatic N) is 1. The molecular weight excluding hydrogens is 394 g/mol. The molecule has 1 fully saturated rings. The minimum atomic E-state index is -0.422. The number of amides is 1. The van der Waals surface area contributed by atoms with Crippen LogP contribution in [0.15, 0.2) is 69.9 Å². The fourth-order valence-corrected chi connectivity index (χ4v) is 4.10. The van der Waals surface area contributed by atoms with E-state index < -0.39 is 5.63 Å². The molecule has 0 bridgehead atoms. The lowest BCUT2D eigenvalue weighted by atomic mass is 9.88. The number of piperidine rings is 1. The molecule has 0 aliphatic carbocycles. The van der Waals surface area contributed by atoms with E-state index in [9.17, 15) is 14.7 Å². The first kappa shape index (κ1) is 21.1. The monoisotopic (exact) mass is 421 g/mol. The Morgan fingerprint density at radius 1 is 1.10 bits per heavy atom. The van der Waals surface area contributed by atoms with Gasteiger partial charge in [0.05, 0.1) is 6.10 Å². The molecule has 1 amide bonds. The van der Waals surface area contributed by atoms with Gasteiger partial charge in [0.1, 0.15) is 11.3 Å². The van der Waals surface area contributed by atoms with Gasteiger partial charge in [-0.1, -0.05) is 30.3 Å². The van der Waals surface area contributed by atoms with E-state index in [4.69, 9.17) is 9.15 Å². The Labute approximate surface area is 181 Å². The molecule has 0 spiro atoms. The lowest BCUT2D eigenvalue weighted by Crippen LogP contribution is -2.43. The summed E-state index contributed by atoms with van der Waals surface area (Å²) in [5, 5.41) is 11.4. The molecule has 162 valence electrons. The van der Waals surface area contributed by atoms with Crippen LogP contribution in [0.25, 0.3) is 11.0 Å². The molecule has 1 N–H and O–H groups in total. The van der Waals surface area contributed by atoms with E-state index in [0.717, 1.165) is 31.1 Å². The minimum absolute atomic E-state index is 0.0657. The van der Waals surface area contributed by atoms with E-state index in [1.165, 1.54) is 11.6 Å². The molecule has 0 radical (unpaired) electrons. The van der Waals surface area contributed by atoms with Crippen molar-refractivity contribution in [1.29, 1.82) is 0 Å². The Balaban J connectivity index is 1.23. The van der Waals surface area contributed by atoms with Crippen LogP contribution in [-0.2, 0) is 11.2 Å². The zero-order chi connectivity index (χ0) is 21.6. The van der Waals surface area contributed by atoms with Crippen molar-refractivity contribution in [3.8, 4) is 5.75 Å². The third kappa shape index (κ3) is 5.52. The van der Waals surface area contributed by atoms with Gasteiger partial charge in [-0.2, -0.15) is 0 Å². The Hall–Kier alpha value is -3.12. The highest BCUT2D eigenvalue weighted by Crippen LogP contribution is 2.24. The van der Waals surface area contributed by atoms with Gasteiger partial charge in [0, 0.05) is 30.6 Å². The molecule has 2 aromatic carbocycles. The predicted molar refractivity (Wildman–Crippen MR) is 118 cm³/mol. The second-order valence-corrected chi connectivity index (χ2v) is 8.05. The topological polar surface area (TPSA) is 80.0 Å². The lowest BCUT2D eigenvalue weighted by Gasteiger charge is -2.34. The third-order valence-electron chi connectivity index (χ3n) is 5.96. The van der Waals surface area contributed by atoms with Crippen molar-refractivity contribution < 1.29 is 19.1 Å². The van der Waals surface area contributed by atoms with Gasteiger partial charge in [0.2, 0.25) is 0 Å². The second kappa shape index (κ2) is 9.79. The number of hydrogen-bond acceptors (Lipinski definition) is 5. The molecule has 3 aromatic rings. The Morgan fingerprint density at radius 3 is 2.61 bits per heavy atom. The predicted octanol–water partition coefficient (Wildman–Crippen LogP) is 3.40. The summed E-state index contributed by atoms with van der Waals surface area (Å²) in [5.74, 6) is 0.630. The van der Waals surface area contributed by atoms with Crippen molar-refractivity contribution in [1.82, 2.24) is 4.90 Å². The number of carbonyl (C=O) groups is 1. The number of aryl methyl sites for hydroxylation is 1. The van der Waals surface area contributed by atoms with Gasteiger partial charge in [-0.3, -0.25) is 4.79 Å². The van der Waals surface area contributed by atoms with Crippen LogP contribution in [0.2, 0.25) is 0 Å². The SMILES string of the molecule is O=C(COc1ccc2ccc(=O)oc2c1)N1CCC(C(O)CCc2ccccc2)CC1. The number of ether oxygens (including phenoxy) is 1. The Bertz CT molecular complexity index is 1070. The summed E-state index contributed by atoms with van der Waals surface area (Å²) in [7, 11) is 0. The first-order valence-corrected chi connectivity index (χ1v) is 10.7. The molecule has 1 saturated heterocycles. The number of aliphatic hydroxyl groups excluding tert-OH is 1. The molecule has 31 heavy (non-hydrogen) atoms. The van der Waals surface area contributed by atoms with E-state index in [1.807, 2.05) is 18.2 Å². The molecule has 0 saturated carbocycles. The minimum Gasteiger partial charge on any atom is -0.484 e. The van der Waals surface area contributed by atoms with Crippen molar-refractivity contribution in [3.63, 3.8) is 0 Å². The van der Waals surface area contributed by atoms with Gasteiger partial charge in [0.15, 0.2) is 6.61 Å². The first-order valence-electron chi connectivity index (χ1n) is 10.7. The summed E-state index contributed by atoms with van der Waals surface area (Å²) in [6, 6.07) is 18.4. The fraction of sp³-hybridized carbons (Fsp3) is 0.360. The zero-order valence-electron chi connectivity index (χ0n) is 17.4. The van der Waals surface area contributed by atoms with E-state index in [0.29, 0.717) is 24.4 Å².